The Morgan fingerprint density at radius 3 is 2.43 bits per heavy atom. The molecule has 6 rings (SSSR count). The highest BCUT2D eigenvalue weighted by Gasteiger charge is 2.63. The summed E-state index contributed by atoms with van der Waals surface area (Å²) < 4.78 is 10.6. The summed E-state index contributed by atoms with van der Waals surface area (Å²) in [5, 5.41) is 4.68. The number of ether oxygens (including phenoxy) is 2. The van der Waals surface area contributed by atoms with Gasteiger partial charge in [0.15, 0.2) is 0 Å². The van der Waals surface area contributed by atoms with E-state index in [4.69, 9.17) is 9.47 Å². The van der Waals surface area contributed by atoms with Crippen LogP contribution in [0.4, 0.5) is 21.0 Å². The molecule has 35 heavy (non-hydrogen) atoms. The van der Waals surface area contributed by atoms with Crippen LogP contribution >= 0.6 is 0 Å². The van der Waals surface area contributed by atoms with Crippen LogP contribution in [0.2, 0.25) is 0 Å². The molecule has 3 atom stereocenters. The molecule has 5 amide bonds. The monoisotopic (exact) mass is 472 g/mol. The summed E-state index contributed by atoms with van der Waals surface area (Å²) in [6.45, 7) is 0.372. The van der Waals surface area contributed by atoms with Crippen LogP contribution < -0.4 is 19.7 Å². The molecular formula is C26H24N4O5. The van der Waals surface area contributed by atoms with Crippen molar-refractivity contribution >= 4 is 40.1 Å². The minimum atomic E-state index is -0.689. The number of carbonyl (C=O) groups is 3. The molecule has 3 heterocycles. The maximum Gasteiger partial charge on any atom is 0.332 e. The molecule has 3 saturated heterocycles. The first-order valence-electron chi connectivity index (χ1n) is 11.4. The molecule has 3 fully saturated rings. The fourth-order valence-corrected chi connectivity index (χ4v) is 5.59. The second-order valence-electron chi connectivity index (χ2n) is 8.95. The Bertz CT molecular complexity index is 1350. The van der Waals surface area contributed by atoms with Gasteiger partial charge in [0.2, 0.25) is 0 Å². The summed E-state index contributed by atoms with van der Waals surface area (Å²) in [6, 6.07) is 16.5. The SMILES string of the molecule is COc1cc(NC(=O)N2C[C@H]3CC2C2C(=O)N(c4cccc5ccccc45)C(=O)N23)cc(OC)c1. The van der Waals surface area contributed by atoms with Crippen molar-refractivity contribution in [2.75, 3.05) is 31.0 Å². The maximum absolute atomic E-state index is 13.6. The maximum atomic E-state index is 13.6. The largest absolute Gasteiger partial charge is 0.497 e. The number of benzene rings is 3. The molecule has 3 aromatic carbocycles. The third-order valence-electron chi connectivity index (χ3n) is 7.14. The number of rotatable bonds is 4. The molecule has 0 spiro atoms. The molecule has 0 saturated carbocycles. The fraction of sp³-hybridized carbons (Fsp3) is 0.269. The van der Waals surface area contributed by atoms with Crippen molar-refractivity contribution in [2.45, 2.75) is 24.5 Å². The number of amides is 5. The van der Waals surface area contributed by atoms with Crippen molar-refractivity contribution in [2.24, 2.45) is 0 Å². The smallest absolute Gasteiger partial charge is 0.332 e. The Labute approximate surface area is 201 Å². The summed E-state index contributed by atoms with van der Waals surface area (Å²) >= 11 is 0. The van der Waals surface area contributed by atoms with Crippen molar-refractivity contribution in [1.82, 2.24) is 9.80 Å². The second kappa shape index (κ2) is 7.90. The van der Waals surface area contributed by atoms with Crippen molar-refractivity contribution in [3.63, 3.8) is 0 Å². The normalized spacial score (nSPS) is 22.7. The molecule has 0 aromatic heterocycles. The predicted molar refractivity (Wildman–Crippen MR) is 130 cm³/mol. The van der Waals surface area contributed by atoms with Crippen LogP contribution in [-0.4, -0.2) is 66.7 Å². The highest BCUT2D eigenvalue weighted by atomic mass is 16.5. The highest BCUT2D eigenvalue weighted by molar-refractivity contribution is 6.25. The quantitative estimate of drug-likeness (QED) is 0.585. The van der Waals surface area contributed by atoms with E-state index in [-0.39, 0.29) is 30.1 Å². The van der Waals surface area contributed by atoms with Gasteiger partial charge in [-0.15, -0.1) is 0 Å². The minimum absolute atomic E-state index is 0.202. The van der Waals surface area contributed by atoms with Gasteiger partial charge in [0.1, 0.15) is 17.5 Å². The molecule has 3 aliphatic heterocycles. The number of nitrogens with zero attached hydrogens (tertiary/aromatic N) is 3. The molecule has 3 aromatic rings. The number of fused-ring (bicyclic) bond motifs is 6. The van der Waals surface area contributed by atoms with Gasteiger partial charge in [0.25, 0.3) is 5.91 Å². The van der Waals surface area contributed by atoms with Gasteiger partial charge in [-0.3, -0.25) is 4.79 Å². The lowest BCUT2D eigenvalue weighted by Gasteiger charge is -2.34. The third-order valence-corrected chi connectivity index (χ3v) is 7.14. The van der Waals surface area contributed by atoms with Gasteiger partial charge in [-0.1, -0.05) is 36.4 Å². The zero-order valence-electron chi connectivity index (χ0n) is 19.3. The van der Waals surface area contributed by atoms with Crippen LogP contribution in [0.25, 0.3) is 10.8 Å². The van der Waals surface area contributed by atoms with Crippen LogP contribution in [0.5, 0.6) is 11.5 Å². The van der Waals surface area contributed by atoms with Gasteiger partial charge in [0, 0.05) is 35.8 Å². The van der Waals surface area contributed by atoms with Crippen molar-refractivity contribution in [3.8, 4) is 11.5 Å². The topological polar surface area (TPSA) is 91.4 Å². The standard InChI is InChI=1S/C26H24N4O5/c1-34-18-10-16(11-19(13-18)35-2)27-25(32)28-14-17-12-22(28)23-24(31)30(26(33)29(17)23)21-9-5-7-15-6-3-4-8-20(15)21/h3-11,13,17,22-23H,12,14H2,1-2H3,(H,27,32)/t17-,22?,23?/m1/s1. The number of methoxy groups -OCH3 is 2. The molecule has 1 N–H and O–H groups in total. The minimum Gasteiger partial charge on any atom is -0.497 e. The summed E-state index contributed by atoms with van der Waals surface area (Å²) in [4.78, 5) is 44.8. The van der Waals surface area contributed by atoms with E-state index in [1.165, 1.54) is 4.90 Å². The average Bonchev–Trinajstić information content (AvgIpc) is 3.54. The van der Waals surface area contributed by atoms with E-state index in [9.17, 15) is 14.4 Å². The van der Waals surface area contributed by atoms with E-state index >= 15 is 0 Å². The number of likely N-dealkylation sites (tertiary alicyclic amines) is 1. The summed E-state index contributed by atoms with van der Waals surface area (Å²) in [7, 11) is 3.08. The van der Waals surface area contributed by atoms with E-state index in [0.717, 1.165) is 10.8 Å². The van der Waals surface area contributed by atoms with Crippen LogP contribution in [0.1, 0.15) is 6.42 Å². The van der Waals surface area contributed by atoms with Crippen LogP contribution in [0, 0.1) is 0 Å². The number of urea groups is 2. The van der Waals surface area contributed by atoms with Crippen molar-refractivity contribution in [1.29, 1.82) is 0 Å². The van der Waals surface area contributed by atoms with E-state index in [0.29, 0.717) is 35.8 Å². The predicted octanol–water partition coefficient (Wildman–Crippen LogP) is 3.68. The van der Waals surface area contributed by atoms with Gasteiger partial charge in [-0.2, -0.15) is 0 Å². The molecule has 178 valence electrons. The van der Waals surface area contributed by atoms with E-state index < -0.39 is 6.04 Å². The fourth-order valence-electron chi connectivity index (χ4n) is 5.59. The van der Waals surface area contributed by atoms with E-state index in [1.807, 2.05) is 36.4 Å². The van der Waals surface area contributed by atoms with Gasteiger partial charge in [-0.05, 0) is 17.9 Å². The Balaban J connectivity index is 1.27. The van der Waals surface area contributed by atoms with Gasteiger partial charge in [-0.25, -0.2) is 14.5 Å². The Hall–Kier alpha value is -4.27. The first-order chi connectivity index (χ1) is 17.0. The molecule has 0 radical (unpaired) electrons. The van der Waals surface area contributed by atoms with Crippen LogP contribution in [0.3, 0.4) is 0 Å². The number of piperazine rings is 1. The molecule has 9 nitrogen and oxygen atoms in total. The molecule has 3 aliphatic rings. The zero-order valence-corrected chi connectivity index (χ0v) is 19.3. The van der Waals surface area contributed by atoms with Crippen LogP contribution in [0.15, 0.2) is 60.7 Å². The number of carbonyl (C=O) groups excluding carboxylic acids is 3. The van der Waals surface area contributed by atoms with E-state index in [1.54, 1.807) is 48.3 Å². The van der Waals surface area contributed by atoms with Crippen LogP contribution in [-0.2, 0) is 4.79 Å². The Morgan fingerprint density at radius 2 is 1.69 bits per heavy atom. The summed E-state index contributed by atoms with van der Waals surface area (Å²) in [6.07, 6.45) is 0.584. The van der Waals surface area contributed by atoms with Gasteiger partial charge in [0.05, 0.1) is 32.0 Å². The summed E-state index contributed by atoms with van der Waals surface area (Å²) in [5.41, 5.74) is 1.10. The lowest BCUT2D eigenvalue weighted by Crippen LogP contribution is -2.55. The van der Waals surface area contributed by atoms with Gasteiger partial charge < -0.3 is 24.6 Å². The molecule has 2 unspecified atom stereocenters. The average molecular weight is 473 g/mol. The lowest BCUT2D eigenvalue weighted by molar-refractivity contribution is -0.120. The number of nitrogens with one attached hydrogen (secondary N) is 1. The van der Waals surface area contributed by atoms with Gasteiger partial charge >= 0.3 is 12.1 Å². The first kappa shape index (κ1) is 21.3. The highest BCUT2D eigenvalue weighted by Crippen LogP contribution is 2.43. The van der Waals surface area contributed by atoms with E-state index in [2.05, 4.69) is 5.32 Å². The number of anilines is 2. The number of hydrogen-bond donors (Lipinski definition) is 1. The molecular weight excluding hydrogens is 448 g/mol. The van der Waals surface area contributed by atoms with Crippen molar-refractivity contribution < 1.29 is 23.9 Å². The lowest BCUT2D eigenvalue weighted by atomic mass is 10.1. The number of imide groups is 1. The first-order valence-corrected chi connectivity index (χ1v) is 11.4. The Morgan fingerprint density at radius 1 is 0.971 bits per heavy atom. The summed E-state index contributed by atoms with van der Waals surface area (Å²) in [5.74, 6) is 0.812. The molecule has 9 heteroatoms. The van der Waals surface area contributed by atoms with Crippen molar-refractivity contribution in [3.05, 3.63) is 60.7 Å². The third kappa shape index (κ3) is 3.18. The number of hydrogen-bond acceptors (Lipinski definition) is 5. The molecule has 2 bridgehead atoms. The Kier molecular flexibility index (Phi) is 4.80. The molecule has 0 aliphatic carbocycles. The second-order valence-corrected chi connectivity index (χ2v) is 8.95. The zero-order chi connectivity index (χ0) is 24.3.